The lowest BCUT2D eigenvalue weighted by Gasteiger charge is -2.04. The van der Waals surface area contributed by atoms with Crippen molar-refractivity contribution in [2.75, 3.05) is 7.11 Å². The number of aryl methyl sites for hydroxylation is 1. The first-order valence-electron chi connectivity index (χ1n) is 4.45. The predicted molar refractivity (Wildman–Crippen MR) is 50.5 cm³/mol. The van der Waals surface area contributed by atoms with Gasteiger partial charge in [-0.25, -0.2) is 4.57 Å². The zero-order chi connectivity index (χ0) is 10.1. The monoisotopic (exact) mass is 193 g/mol. The van der Waals surface area contributed by atoms with Gasteiger partial charge in [0.05, 0.1) is 13.4 Å². The van der Waals surface area contributed by atoms with E-state index in [1.807, 2.05) is 24.7 Å². The van der Waals surface area contributed by atoms with Crippen LogP contribution in [0.15, 0.2) is 12.5 Å². The Kier molecular flexibility index (Phi) is 2.17. The molecule has 0 saturated carbocycles. The van der Waals surface area contributed by atoms with Crippen LogP contribution in [0, 0.1) is 0 Å². The van der Waals surface area contributed by atoms with E-state index in [1.54, 1.807) is 13.4 Å². The predicted octanol–water partition coefficient (Wildman–Crippen LogP) is 0.490. The molecule has 2 aromatic rings. The van der Waals surface area contributed by atoms with Gasteiger partial charge in [-0.15, -0.1) is 0 Å². The molecule has 0 aromatic carbocycles. The third-order valence-electron chi connectivity index (χ3n) is 2.27. The molecule has 5 nitrogen and oxygen atoms in total. The smallest absolute Gasteiger partial charge is 0.329 e. The van der Waals surface area contributed by atoms with Crippen molar-refractivity contribution in [2.24, 2.45) is 7.05 Å². The summed E-state index contributed by atoms with van der Waals surface area (Å²) in [5.41, 5.74) is 1.65. The van der Waals surface area contributed by atoms with Crippen molar-refractivity contribution in [3.05, 3.63) is 18.3 Å². The van der Waals surface area contributed by atoms with E-state index in [0.29, 0.717) is 0 Å². The maximum absolute atomic E-state index is 5.22. The number of methoxy groups -OCH3 is 1. The number of ether oxygens (including phenoxy) is 1. The summed E-state index contributed by atoms with van der Waals surface area (Å²) < 4.78 is 7.16. The van der Waals surface area contributed by atoms with Gasteiger partial charge in [0, 0.05) is 7.11 Å². The molecular formula is C9H13N4O+. The number of hydrogen-bond acceptors (Lipinski definition) is 3. The van der Waals surface area contributed by atoms with Gasteiger partial charge in [0.1, 0.15) is 6.20 Å². The Balaban J connectivity index is 2.58. The number of hydrogen-bond donors (Lipinski definition) is 1. The van der Waals surface area contributed by atoms with Crippen LogP contribution in [-0.2, 0) is 11.8 Å². The Morgan fingerprint density at radius 2 is 2.36 bits per heavy atom. The van der Waals surface area contributed by atoms with Crippen LogP contribution in [-0.4, -0.2) is 22.1 Å². The van der Waals surface area contributed by atoms with Gasteiger partial charge in [-0.1, -0.05) is 0 Å². The zero-order valence-electron chi connectivity index (χ0n) is 8.48. The summed E-state index contributed by atoms with van der Waals surface area (Å²) in [6, 6.07) is 0. The van der Waals surface area contributed by atoms with Gasteiger partial charge in [-0.2, -0.15) is 4.98 Å². The number of rotatable bonds is 2. The number of fused-ring (bicyclic) bond motifs is 1. The third kappa shape index (κ3) is 1.35. The number of aromatic amines is 1. The van der Waals surface area contributed by atoms with E-state index in [2.05, 4.69) is 15.0 Å². The normalized spacial score (nSPS) is 13.4. The molecule has 0 aliphatic heterocycles. The fourth-order valence-corrected chi connectivity index (χ4v) is 1.41. The molecule has 2 rings (SSSR count). The summed E-state index contributed by atoms with van der Waals surface area (Å²) in [7, 11) is 3.61. The summed E-state index contributed by atoms with van der Waals surface area (Å²) >= 11 is 0. The van der Waals surface area contributed by atoms with Crippen LogP contribution >= 0.6 is 0 Å². The van der Waals surface area contributed by atoms with Crippen LogP contribution in [0.25, 0.3) is 11.2 Å². The van der Waals surface area contributed by atoms with Gasteiger partial charge in [0.15, 0.2) is 11.6 Å². The summed E-state index contributed by atoms with van der Waals surface area (Å²) in [5.74, 6) is 0.868. The largest absolute Gasteiger partial charge is 0.369 e. The number of H-pyrrole nitrogens is 1. The molecule has 0 aliphatic rings. The molecule has 0 aliphatic carbocycles. The molecule has 0 saturated heterocycles. The Morgan fingerprint density at radius 1 is 1.57 bits per heavy atom. The van der Waals surface area contributed by atoms with Gasteiger partial charge >= 0.3 is 5.82 Å². The Hall–Kier alpha value is -1.49. The molecule has 5 heteroatoms. The molecule has 2 heterocycles. The van der Waals surface area contributed by atoms with Crippen LogP contribution in [0.1, 0.15) is 18.9 Å². The second-order valence-electron chi connectivity index (χ2n) is 3.23. The number of aromatic nitrogens is 4. The topological polar surface area (TPSA) is 54.7 Å². The van der Waals surface area contributed by atoms with Crippen LogP contribution in [0.4, 0.5) is 0 Å². The van der Waals surface area contributed by atoms with E-state index in [4.69, 9.17) is 4.74 Å². The van der Waals surface area contributed by atoms with Crippen molar-refractivity contribution >= 4 is 11.2 Å². The average Bonchev–Trinajstić information content (AvgIpc) is 2.62. The first kappa shape index (κ1) is 9.08. The minimum absolute atomic E-state index is 0.0268. The van der Waals surface area contributed by atoms with E-state index in [0.717, 1.165) is 17.0 Å². The number of imidazole rings is 1. The van der Waals surface area contributed by atoms with E-state index < -0.39 is 0 Å². The Bertz CT molecular complexity index is 451. The minimum Gasteiger partial charge on any atom is -0.369 e. The van der Waals surface area contributed by atoms with Crippen LogP contribution < -0.4 is 4.57 Å². The van der Waals surface area contributed by atoms with Gasteiger partial charge in [0.2, 0.25) is 0 Å². The molecule has 74 valence electrons. The molecule has 0 fully saturated rings. The molecule has 1 N–H and O–H groups in total. The number of nitrogens with one attached hydrogen (secondary N) is 1. The van der Waals surface area contributed by atoms with Crippen molar-refractivity contribution in [2.45, 2.75) is 13.0 Å². The van der Waals surface area contributed by atoms with E-state index in [9.17, 15) is 0 Å². The van der Waals surface area contributed by atoms with Crippen LogP contribution in [0.2, 0.25) is 0 Å². The fraction of sp³-hybridized carbons (Fsp3) is 0.444. The first-order chi connectivity index (χ1) is 6.72. The van der Waals surface area contributed by atoms with Crippen molar-refractivity contribution in [3.63, 3.8) is 0 Å². The van der Waals surface area contributed by atoms with Crippen molar-refractivity contribution in [1.82, 2.24) is 15.0 Å². The van der Waals surface area contributed by atoms with E-state index in [-0.39, 0.29) is 6.10 Å². The molecular weight excluding hydrogens is 180 g/mol. The lowest BCUT2D eigenvalue weighted by molar-refractivity contribution is -0.684. The minimum atomic E-state index is -0.0268. The maximum Gasteiger partial charge on any atom is 0.329 e. The van der Waals surface area contributed by atoms with Crippen molar-refractivity contribution < 1.29 is 9.30 Å². The Morgan fingerprint density at radius 3 is 3.07 bits per heavy atom. The number of nitrogens with zero attached hydrogens (tertiary/aromatic N) is 3. The molecule has 2 aromatic heterocycles. The summed E-state index contributed by atoms with van der Waals surface area (Å²) in [4.78, 5) is 11.5. The van der Waals surface area contributed by atoms with E-state index in [1.165, 1.54) is 0 Å². The Labute approximate surface area is 81.8 Å². The molecule has 1 atom stereocenters. The van der Waals surface area contributed by atoms with Crippen LogP contribution in [0.5, 0.6) is 0 Å². The zero-order valence-corrected chi connectivity index (χ0v) is 8.48. The summed E-state index contributed by atoms with van der Waals surface area (Å²) in [6.07, 6.45) is 3.57. The first-order valence-corrected chi connectivity index (χ1v) is 4.45. The molecule has 0 amide bonds. The van der Waals surface area contributed by atoms with Gasteiger partial charge in [0.25, 0.3) is 5.65 Å². The fourth-order valence-electron chi connectivity index (χ4n) is 1.41. The van der Waals surface area contributed by atoms with Gasteiger partial charge < -0.3 is 9.72 Å². The highest BCUT2D eigenvalue weighted by Gasteiger charge is 2.20. The maximum atomic E-state index is 5.22. The molecule has 14 heavy (non-hydrogen) atoms. The van der Waals surface area contributed by atoms with E-state index >= 15 is 0 Å². The SMILES string of the molecule is COC(C)c1nc2nc[nH]c2c[n+]1C. The van der Waals surface area contributed by atoms with Gasteiger partial charge in [-0.05, 0) is 11.9 Å². The highest BCUT2D eigenvalue weighted by Crippen LogP contribution is 2.11. The lowest BCUT2D eigenvalue weighted by atomic mass is 10.3. The molecule has 0 bridgehead atoms. The van der Waals surface area contributed by atoms with Crippen molar-refractivity contribution in [1.29, 1.82) is 0 Å². The lowest BCUT2D eigenvalue weighted by Crippen LogP contribution is -2.36. The second kappa shape index (κ2) is 3.34. The second-order valence-corrected chi connectivity index (χ2v) is 3.23. The molecule has 0 spiro atoms. The molecule has 0 radical (unpaired) electrons. The highest BCUT2D eigenvalue weighted by molar-refractivity contribution is 5.67. The average molecular weight is 193 g/mol. The standard InChI is InChI=1S/C9H12N4O/c1-6(14-3)9-12-8-7(4-13(9)2)10-5-11-8/h4-6H,1-3H3/p+1. The highest BCUT2D eigenvalue weighted by atomic mass is 16.5. The third-order valence-corrected chi connectivity index (χ3v) is 2.27. The van der Waals surface area contributed by atoms with Crippen LogP contribution in [0.3, 0.4) is 0 Å². The van der Waals surface area contributed by atoms with Gasteiger partial charge in [-0.3, -0.25) is 0 Å². The molecule has 1 unspecified atom stereocenters. The van der Waals surface area contributed by atoms with Crippen molar-refractivity contribution in [3.8, 4) is 0 Å². The quantitative estimate of drug-likeness (QED) is 0.706. The summed E-state index contributed by atoms with van der Waals surface area (Å²) in [5, 5.41) is 0. The summed E-state index contributed by atoms with van der Waals surface area (Å²) in [6.45, 7) is 1.96.